The predicted molar refractivity (Wildman–Crippen MR) is 71.9 cm³/mol. The van der Waals surface area contributed by atoms with Crippen molar-refractivity contribution in [3.8, 4) is 0 Å². The van der Waals surface area contributed by atoms with E-state index in [1.54, 1.807) is 12.1 Å². The van der Waals surface area contributed by atoms with Gasteiger partial charge < -0.3 is 15.4 Å². The molecule has 0 bridgehead atoms. The minimum Gasteiger partial charge on any atom is -0.478 e. The molecule has 0 aliphatic heterocycles. The molecule has 0 amide bonds. The molecule has 4 nitrogen and oxygen atoms in total. The molecule has 3 N–H and O–H groups in total. The number of aromatic carboxylic acids is 1. The van der Waals surface area contributed by atoms with Crippen molar-refractivity contribution in [1.82, 2.24) is 4.57 Å². The maximum absolute atomic E-state index is 11.0. The fourth-order valence-electron chi connectivity index (χ4n) is 2.23. The number of hydrogen-bond donors (Lipinski definition) is 2. The summed E-state index contributed by atoms with van der Waals surface area (Å²) in [6.07, 6.45) is 3.93. The Balaban J connectivity index is 2.52. The second-order valence-corrected chi connectivity index (χ2v) is 4.38. The van der Waals surface area contributed by atoms with Crippen LogP contribution in [0.25, 0.3) is 10.9 Å². The van der Waals surface area contributed by atoms with E-state index in [4.69, 9.17) is 10.8 Å². The minimum atomic E-state index is -0.881. The first kappa shape index (κ1) is 12.6. The number of hydrogen-bond acceptors (Lipinski definition) is 2. The molecule has 1 aromatic carbocycles. The van der Waals surface area contributed by atoms with Gasteiger partial charge in [0.2, 0.25) is 0 Å². The van der Waals surface area contributed by atoms with Gasteiger partial charge in [0, 0.05) is 23.6 Å². The van der Waals surface area contributed by atoms with Crippen molar-refractivity contribution in [3.63, 3.8) is 0 Å². The number of rotatable bonds is 5. The monoisotopic (exact) mass is 246 g/mol. The van der Waals surface area contributed by atoms with Crippen molar-refractivity contribution in [2.24, 2.45) is 5.73 Å². The Morgan fingerprint density at radius 3 is 2.83 bits per heavy atom. The standard InChI is InChI=1S/C14H18N2O2/c1-2-10-9-16(7-3-6-15)13-5-4-11(14(17)18)8-12(10)13/h4-5,8-9H,2-3,6-7,15H2,1H3,(H,17,18). The maximum atomic E-state index is 11.0. The molecule has 0 saturated carbocycles. The van der Waals surface area contributed by atoms with Crippen LogP contribution in [0.1, 0.15) is 29.3 Å². The third kappa shape index (κ3) is 2.24. The highest BCUT2D eigenvalue weighted by atomic mass is 16.4. The van der Waals surface area contributed by atoms with E-state index in [0.717, 1.165) is 30.3 Å². The van der Waals surface area contributed by atoms with Gasteiger partial charge in [0.1, 0.15) is 0 Å². The van der Waals surface area contributed by atoms with Crippen LogP contribution in [0.2, 0.25) is 0 Å². The molecule has 2 aromatic rings. The van der Waals surface area contributed by atoms with Crippen LogP contribution in [-0.4, -0.2) is 22.2 Å². The van der Waals surface area contributed by atoms with Crippen LogP contribution in [0.4, 0.5) is 0 Å². The minimum absolute atomic E-state index is 0.341. The fraction of sp³-hybridized carbons (Fsp3) is 0.357. The average Bonchev–Trinajstić information content (AvgIpc) is 2.73. The van der Waals surface area contributed by atoms with E-state index in [9.17, 15) is 4.79 Å². The summed E-state index contributed by atoms with van der Waals surface area (Å²) in [6, 6.07) is 5.30. The van der Waals surface area contributed by atoms with Crippen molar-refractivity contribution in [2.75, 3.05) is 6.54 Å². The summed E-state index contributed by atoms with van der Waals surface area (Å²) in [6.45, 7) is 3.61. The smallest absolute Gasteiger partial charge is 0.335 e. The van der Waals surface area contributed by atoms with Gasteiger partial charge in [-0.2, -0.15) is 0 Å². The van der Waals surface area contributed by atoms with E-state index in [-0.39, 0.29) is 0 Å². The first-order chi connectivity index (χ1) is 8.67. The summed E-state index contributed by atoms with van der Waals surface area (Å²) in [4.78, 5) is 11.0. The van der Waals surface area contributed by atoms with Gasteiger partial charge in [0.15, 0.2) is 0 Å². The molecular weight excluding hydrogens is 228 g/mol. The van der Waals surface area contributed by atoms with Crippen molar-refractivity contribution in [1.29, 1.82) is 0 Å². The topological polar surface area (TPSA) is 68.2 Å². The van der Waals surface area contributed by atoms with Crippen LogP contribution in [0.5, 0.6) is 0 Å². The van der Waals surface area contributed by atoms with Crippen LogP contribution in [0.15, 0.2) is 24.4 Å². The van der Waals surface area contributed by atoms with Gasteiger partial charge in [-0.25, -0.2) is 4.79 Å². The Morgan fingerprint density at radius 2 is 2.22 bits per heavy atom. The van der Waals surface area contributed by atoms with E-state index in [0.29, 0.717) is 12.1 Å². The number of carboxylic acids is 1. The summed E-state index contributed by atoms with van der Waals surface area (Å²) in [5.41, 5.74) is 8.15. The summed E-state index contributed by atoms with van der Waals surface area (Å²) < 4.78 is 2.16. The molecule has 1 heterocycles. The molecule has 0 unspecified atom stereocenters. The largest absolute Gasteiger partial charge is 0.478 e. The average molecular weight is 246 g/mol. The Labute approximate surface area is 106 Å². The summed E-state index contributed by atoms with van der Waals surface area (Å²) in [5.74, 6) is -0.881. The fourth-order valence-corrected chi connectivity index (χ4v) is 2.23. The lowest BCUT2D eigenvalue weighted by Crippen LogP contribution is -2.04. The number of benzene rings is 1. The summed E-state index contributed by atoms with van der Waals surface area (Å²) >= 11 is 0. The number of nitrogens with zero attached hydrogens (tertiary/aromatic N) is 1. The number of fused-ring (bicyclic) bond motifs is 1. The summed E-state index contributed by atoms with van der Waals surface area (Å²) in [7, 11) is 0. The van der Waals surface area contributed by atoms with Crippen LogP contribution >= 0.6 is 0 Å². The highest BCUT2D eigenvalue weighted by Crippen LogP contribution is 2.23. The molecule has 0 spiro atoms. The molecule has 0 aliphatic carbocycles. The van der Waals surface area contributed by atoms with Crippen molar-refractivity contribution < 1.29 is 9.90 Å². The number of nitrogens with two attached hydrogens (primary N) is 1. The van der Waals surface area contributed by atoms with Crippen LogP contribution in [0.3, 0.4) is 0 Å². The highest BCUT2D eigenvalue weighted by molar-refractivity contribution is 5.95. The van der Waals surface area contributed by atoms with Crippen LogP contribution in [-0.2, 0) is 13.0 Å². The third-order valence-corrected chi connectivity index (χ3v) is 3.19. The van der Waals surface area contributed by atoms with Gasteiger partial charge in [-0.3, -0.25) is 0 Å². The molecule has 0 fully saturated rings. The lowest BCUT2D eigenvalue weighted by molar-refractivity contribution is 0.0697. The van der Waals surface area contributed by atoms with E-state index < -0.39 is 5.97 Å². The van der Waals surface area contributed by atoms with Crippen molar-refractivity contribution in [3.05, 3.63) is 35.5 Å². The zero-order valence-corrected chi connectivity index (χ0v) is 10.5. The Morgan fingerprint density at radius 1 is 1.44 bits per heavy atom. The first-order valence-electron chi connectivity index (χ1n) is 6.22. The second-order valence-electron chi connectivity index (χ2n) is 4.38. The molecule has 18 heavy (non-hydrogen) atoms. The molecule has 1 aromatic heterocycles. The van der Waals surface area contributed by atoms with E-state index in [1.165, 1.54) is 5.56 Å². The molecule has 4 heteroatoms. The molecule has 0 aliphatic rings. The van der Waals surface area contributed by atoms with Crippen molar-refractivity contribution in [2.45, 2.75) is 26.3 Å². The van der Waals surface area contributed by atoms with Crippen LogP contribution < -0.4 is 5.73 Å². The van der Waals surface area contributed by atoms with Gasteiger partial charge in [0.25, 0.3) is 0 Å². The molecule has 0 atom stereocenters. The SMILES string of the molecule is CCc1cn(CCCN)c2ccc(C(=O)O)cc12. The Hall–Kier alpha value is -1.81. The lowest BCUT2D eigenvalue weighted by atomic mass is 10.1. The highest BCUT2D eigenvalue weighted by Gasteiger charge is 2.10. The molecule has 2 rings (SSSR count). The van der Waals surface area contributed by atoms with Gasteiger partial charge >= 0.3 is 5.97 Å². The predicted octanol–water partition coefficient (Wildman–Crippen LogP) is 2.25. The molecule has 96 valence electrons. The molecule has 0 radical (unpaired) electrons. The number of aryl methyl sites for hydroxylation is 2. The quantitative estimate of drug-likeness (QED) is 0.850. The van der Waals surface area contributed by atoms with Gasteiger partial charge in [-0.15, -0.1) is 0 Å². The first-order valence-corrected chi connectivity index (χ1v) is 6.22. The third-order valence-electron chi connectivity index (χ3n) is 3.19. The van der Waals surface area contributed by atoms with E-state index in [1.807, 2.05) is 6.07 Å². The number of aromatic nitrogens is 1. The van der Waals surface area contributed by atoms with Crippen molar-refractivity contribution >= 4 is 16.9 Å². The van der Waals surface area contributed by atoms with Gasteiger partial charge in [0.05, 0.1) is 5.56 Å². The zero-order chi connectivity index (χ0) is 13.1. The number of carboxylic acid groups (broad SMARTS) is 1. The van der Waals surface area contributed by atoms with E-state index in [2.05, 4.69) is 17.7 Å². The molecule has 0 saturated heterocycles. The number of carbonyl (C=O) groups is 1. The zero-order valence-electron chi connectivity index (χ0n) is 10.5. The summed E-state index contributed by atoms with van der Waals surface area (Å²) in [5, 5.41) is 10.1. The van der Waals surface area contributed by atoms with E-state index >= 15 is 0 Å². The maximum Gasteiger partial charge on any atom is 0.335 e. The normalized spacial score (nSPS) is 11.0. The Bertz CT molecular complexity index is 572. The van der Waals surface area contributed by atoms with Gasteiger partial charge in [-0.05, 0) is 43.1 Å². The van der Waals surface area contributed by atoms with Gasteiger partial charge in [-0.1, -0.05) is 6.92 Å². The molecular formula is C14H18N2O2. The van der Waals surface area contributed by atoms with Crippen LogP contribution in [0, 0.1) is 0 Å². The Kier molecular flexibility index (Phi) is 3.67. The second kappa shape index (κ2) is 5.23. The lowest BCUT2D eigenvalue weighted by Gasteiger charge is -2.04.